The molecule has 4 nitrogen and oxygen atoms in total. The molecular formula is C18H27NO3. The smallest absolute Gasteiger partial charge is 0.306 e. The van der Waals surface area contributed by atoms with Gasteiger partial charge in [-0.3, -0.25) is 4.79 Å². The Bertz CT molecular complexity index is 480. The van der Waals surface area contributed by atoms with E-state index < -0.39 is 5.97 Å². The molecule has 1 atom stereocenters. The summed E-state index contributed by atoms with van der Waals surface area (Å²) in [5.74, 6) is -0.0197. The van der Waals surface area contributed by atoms with Crippen molar-refractivity contribution in [2.45, 2.75) is 51.0 Å². The van der Waals surface area contributed by atoms with E-state index in [9.17, 15) is 9.90 Å². The Hall–Kier alpha value is -1.55. The molecule has 1 fully saturated rings. The Labute approximate surface area is 132 Å². The standard InChI is InChI=1S/C18H27NO3/c1-3-4-5-14(17(20)21)10-13-19-18(11-12-18)15-6-8-16(22-2)9-7-15/h6-9,14,19H,3-5,10-13H2,1-2H3,(H,20,21). The van der Waals surface area contributed by atoms with Gasteiger partial charge in [-0.25, -0.2) is 0 Å². The van der Waals surface area contributed by atoms with Gasteiger partial charge in [-0.1, -0.05) is 31.9 Å². The summed E-state index contributed by atoms with van der Waals surface area (Å²) >= 11 is 0. The fourth-order valence-electron chi connectivity index (χ4n) is 2.93. The number of rotatable bonds is 10. The first-order chi connectivity index (χ1) is 10.6. The molecule has 1 aromatic rings. The maximum absolute atomic E-state index is 11.3. The maximum Gasteiger partial charge on any atom is 0.306 e. The molecule has 4 heteroatoms. The van der Waals surface area contributed by atoms with Crippen molar-refractivity contribution in [1.29, 1.82) is 0 Å². The molecule has 122 valence electrons. The van der Waals surface area contributed by atoms with E-state index in [2.05, 4.69) is 24.4 Å². The van der Waals surface area contributed by atoms with E-state index in [1.54, 1.807) is 7.11 Å². The van der Waals surface area contributed by atoms with Crippen LogP contribution >= 0.6 is 0 Å². The van der Waals surface area contributed by atoms with Gasteiger partial charge in [0.25, 0.3) is 0 Å². The Morgan fingerprint density at radius 1 is 1.32 bits per heavy atom. The van der Waals surface area contributed by atoms with Gasteiger partial charge < -0.3 is 15.2 Å². The highest BCUT2D eigenvalue weighted by Crippen LogP contribution is 2.45. The van der Waals surface area contributed by atoms with Crippen LogP contribution in [0.1, 0.15) is 51.0 Å². The molecule has 2 N–H and O–H groups in total. The zero-order valence-electron chi connectivity index (χ0n) is 13.6. The van der Waals surface area contributed by atoms with E-state index in [-0.39, 0.29) is 11.5 Å². The molecule has 0 aliphatic heterocycles. The number of aliphatic carboxylic acids is 1. The SMILES string of the molecule is CCCCC(CCNC1(c2ccc(OC)cc2)CC1)C(=O)O. The number of methoxy groups -OCH3 is 1. The zero-order valence-corrected chi connectivity index (χ0v) is 13.6. The summed E-state index contributed by atoms with van der Waals surface area (Å²) in [5, 5.41) is 12.9. The van der Waals surface area contributed by atoms with Crippen LogP contribution in [-0.2, 0) is 10.3 Å². The molecule has 0 radical (unpaired) electrons. The summed E-state index contributed by atoms with van der Waals surface area (Å²) in [6.45, 7) is 2.85. The largest absolute Gasteiger partial charge is 0.497 e. The van der Waals surface area contributed by atoms with Crippen molar-refractivity contribution < 1.29 is 14.6 Å². The summed E-state index contributed by atoms with van der Waals surface area (Å²) in [4.78, 5) is 11.3. The topological polar surface area (TPSA) is 58.6 Å². The number of hydrogen-bond acceptors (Lipinski definition) is 3. The first-order valence-electron chi connectivity index (χ1n) is 8.23. The Balaban J connectivity index is 1.85. The van der Waals surface area contributed by atoms with E-state index in [0.29, 0.717) is 6.42 Å². The maximum atomic E-state index is 11.3. The van der Waals surface area contributed by atoms with E-state index in [1.165, 1.54) is 5.56 Å². The van der Waals surface area contributed by atoms with Gasteiger partial charge in [-0.15, -0.1) is 0 Å². The van der Waals surface area contributed by atoms with Crippen LogP contribution < -0.4 is 10.1 Å². The summed E-state index contributed by atoms with van der Waals surface area (Å²) in [6, 6.07) is 8.17. The van der Waals surface area contributed by atoms with Gasteiger partial charge in [0.05, 0.1) is 13.0 Å². The van der Waals surface area contributed by atoms with Crippen molar-refractivity contribution in [3.05, 3.63) is 29.8 Å². The third-order valence-electron chi connectivity index (χ3n) is 4.60. The third-order valence-corrected chi connectivity index (χ3v) is 4.60. The van der Waals surface area contributed by atoms with E-state index >= 15 is 0 Å². The number of carboxylic acids is 1. The first-order valence-corrected chi connectivity index (χ1v) is 8.23. The first kappa shape index (κ1) is 16.8. The molecule has 0 aromatic heterocycles. The molecule has 0 amide bonds. The van der Waals surface area contributed by atoms with Crippen LogP contribution in [0.15, 0.2) is 24.3 Å². The fraction of sp³-hybridized carbons (Fsp3) is 0.611. The number of nitrogens with one attached hydrogen (secondary N) is 1. The van der Waals surface area contributed by atoms with Crippen LogP contribution in [0, 0.1) is 5.92 Å². The normalized spacial score (nSPS) is 17.0. The Kier molecular flexibility index (Phi) is 5.83. The molecular weight excluding hydrogens is 278 g/mol. The number of hydrogen-bond donors (Lipinski definition) is 2. The molecule has 1 unspecified atom stereocenters. The molecule has 0 saturated heterocycles. The van der Waals surface area contributed by atoms with Crippen molar-refractivity contribution in [3.8, 4) is 5.75 Å². The summed E-state index contributed by atoms with van der Waals surface area (Å²) in [7, 11) is 1.67. The van der Waals surface area contributed by atoms with Crippen LogP contribution in [0.4, 0.5) is 0 Å². The zero-order chi connectivity index (χ0) is 16.0. The highest BCUT2D eigenvalue weighted by atomic mass is 16.5. The van der Waals surface area contributed by atoms with Crippen molar-refractivity contribution in [3.63, 3.8) is 0 Å². The monoisotopic (exact) mass is 305 g/mol. The molecule has 22 heavy (non-hydrogen) atoms. The molecule has 0 spiro atoms. The second-order valence-electron chi connectivity index (χ2n) is 6.20. The minimum Gasteiger partial charge on any atom is -0.497 e. The minimum absolute atomic E-state index is 0.0556. The average molecular weight is 305 g/mol. The average Bonchev–Trinajstić information content (AvgIpc) is 3.31. The predicted molar refractivity (Wildman–Crippen MR) is 87.2 cm³/mol. The van der Waals surface area contributed by atoms with Gasteiger partial charge in [-0.05, 0) is 49.9 Å². The lowest BCUT2D eigenvalue weighted by molar-refractivity contribution is -0.142. The second-order valence-corrected chi connectivity index (χ2v) is 6.20. The van der Waals surface area contributed by atoms with Gasteiger partial charge in [-0.2, -0.15) is 0 Å². The molecule has 1 aliphatic rings. The molecule has 1 aliphatic carbocycles. The van der Waals surface area contributed by atoms with Crippen LogP contribution in [0.2, 0.25) is 0 Å². The van der Waals surface area contributed by atoms with E-state index in [4.69, 9.17) is 4.74 Å². The number of carbonyl (C=O) groups is 1. The van der Waals surface area contributed by atoms with Crippen molar-refractivity contribution in [1.82, 2.24) is 5.32 Å². The van der Waals surface area contributed by atoms with Crippen LogP contribution in [0.3, 0.4) is 0 Å². The predicted octanol–water partition coefficient (Wildman–Crippen LogP) is 3.56. The van der Waals surface area contributed by atoms with E-state index in [0.717, 1.165) is 44.4 Å². The van der Waals surface area contributed by atoms with Crippen molar-refractivity contribution >= 4 is 5.97 Å². The summed E-state index contributed by atoms with van der Waals surface area (Å²) in [6.07, 6.45) is 5.75. The van der Waals surface area contributed by atoms with Crippen LogP contribution in [0.25, 0.3) is 0 Å². The third kappa shape index (κ3) is 4.23. The number of ether oxygens (including phenoxy) is 1. The molecule has 1 saturated carbocycles. The van der Waals surface area contributed by atoms with E-state index in [1.807, 2.05) is 12.1 Å². The number of benzene rings is 1. The molecule has 2 rings (SSSR count). The van der Waals surface area contributed by atoms with Crippen LogP contribution in [-0.4, -0.2) is 24.7 Å². The minimum atomic E-state index is -0.662. The van der Waals surface area contributed by atoms with Gasteiger partial charge >= 0.3 is 5.97 Å². The quantitative estimate of drug-likeness (QED) is 0.694. The highest BCUT2D eigenvalue weighted by Gasteiger charge is 2.43. The molecule has 0 bridgehead atoms. The van der Waals surface area contributed by atoms with Gasteiger partial charge in [0.15, 0.2) is 0 Å². The lowest BCUT2D eigenvalue weighted by Gasteiger charge is -2.20. The van der Waals surface area contributed by atoms with Crippen LogP contribution in [0.5, 0.6) is 5.75 Å². The summed E-state index contributed by atoms with van der Waals surface area (Å²) in [5.41, 5.74) is 1.33. The van der Waals surface area contributed by atoms with Crippen molar-refractivity contribution in [2.24, 2.45) is 5.92 Å². The van der Waals surface area contributed by atoms with Crippen molar-refractivity contribution in [2.75, 3.05) is 13.7 Å². The van der Waals surface area contributed by atoms with Gasteiger partial charge in [0.2, 0.25) is 0 Å². The Morgan fingerprint density at radius 3 is 2.50 bits per heavy atom. The van der Waals surface area contributed by atoms with Gasteiger partial charge in [0.1, 0.15) is 5.75 Å². The van der Waals surface area contributed by atoms with Gasteiger partial charge in [0, 0.05) is 5.54 Å². The Morgan fingerprint density at radius 2 is 2.00 bits per heavy atom. The highest BCUT2D eigenvalue weighted by molar-refractivity contribution is 5.69. The second kappa shape index (κ2) is 7.63. The fourth-order valence-corrected chi connectivity index (χ4v) is 2.93. The lowest BCUT2D eigenvalue weighted by Crippen LogP contribution is -2.32. The lowest BCUT2D eigenvalue weighted by atomic mass is 9.98. The number of unbranched alkanes of at least 4 members (excludes halogenated alkanes) is 1. The molecule has 0 heterocycles. The summed E-state index contributed by atoms with van der Waals surface area (Å²) < 4.78 is 5.19. The number of carboxylic acid groups (broad SMARTS) is 1. The molecule has 1 aromatic carbocycles.